The van der Waals surface area contributed by atoms with Crippen LogP contribution in [0.25, 0.3) is 0 Å². The molecule has 0 aromatic heterocycles. The van der Waals surface area contributed by atoms with Gasteiger partial charge in [-0.2, -0.15) is 0 Å². The number of carbonyl (C=O) groups is 1. The molecule has 0 aliphatic carbocycles. The third-order valence-electron chi connectivity index (χ3n) is 4.63. The Morgan fingerprint density at radius 3 is 2.61 bits per heavy atom. The quantitative estimate of drug-likeness (QED) is 0.769. The Morgan fingerprint density at radius 2 is 2.00 bits per heavy atom. The molecule has 2 aliphatic heterocycles. The molecule has 0 bridgehead atoms. The van der Waals surface area contributed by atoms with Crippen LogP contribution in [0, 0.1) is 10.8 Å². The fourth-order valence-corrected chi connectivity index (χ4v) is 2.90. The zero-order chi connectivity index (χ0) is 13.4. The number of hydrogen-bond acceptors (Lipinski definition) is 3. The van der Waals surface area contributed by atoms with Crippen LogP contribution in [0.1, 0.15) is 40.0 Å². The van der Waals surface area contributed by atoms with Gasteiger partial charge in [0.15, 0.2) is 0 Å². The van der Waals surface area contributed by atoms with Crippen molar-refractivity contribution in [3.05, 3.63) is 0 Å². The second kappa shape index (κ2) is 4.82. The van der Waals surface area contributed by atoms with E-state index >= 15 is 0 Å². The van der Waals surface area contributed by atoms with Crippen LogP contribution in [0.2, 0.25) is 0 Å². The van der Waals surface area contributed by atoms with Crippen molar-refractivity contribution in [2.45, 2.75) is 46.1 Å². The Balaban J connectivity index is 2.05. The molecule has 0 radical (unpaired) electrons. The van der Waals surface area contributed by atoms with Gasteiger partial charge in [0, 0.05) is 19.1 Å². The largest absolute Gasteiger partial charge is 0.379 e. The van der Waals surface area contributed by atoms with Gasteiger partial charge in [0.1, 0.15) is 0 Å². The maximum atomic E-state index is 12.7. The summed E-state index contributed by atoms with van der Waals surface area (Å²) < 4.78 is 5.38. The summed E-state index contributed by atoms with van der Waals surface area (Å²) in [7, 11) is 0. The minimum atomic E-state index is -0.519. The molecule has 0 aromatic carbocycles. The number of likely N-dealkylation sites (tertiary alicyclic amines) is 1. The van der Waals surface area contributed by atoms with Crippen LogP contribution in [0.3, 0.4) is 0 Å². The number of nitrogens with two attached hydrogens (primary N) is 1. The van der Waals surface area contributed by atoms with Gasteiger partial charge in [0.05, 0.1) is 18.6 Å². The van der Waals surface area contributed by atoms with Crippen LogP contribution < -0.4 is 5.73 Å². The van der Waals surface area contributed by atoms with Crippen molar-refractivity contribution in [1.29, 1.82) is 0 Å². The Labute approximate surface area is 110 Å². The average molecular weight is 254 g/mol. The van der Waals surface area contributed by atoms with E-state index in [-0.39, 0.29) is 11.9 Å². The number of carbonyl (C=O) groups excluding carboxylic acids is 1. The van der Waals surface area contributed by atoms with E-state index in [1.54, 1.807) is 0 Å². The molecule has 0 saturated carbocycles. The molecule has 2 heterocycles. The molecule has 2 N–H and O–H groups in total. The first kappa shape index (κ1) is 13.8. The molecule has 2 fully saturated rings. The standard InChI is InChI=1S/C14H26N2O2/c1-13(2)5-4-7-16(8-6-13)12(17)14(3)10-18-9-11(14)15/h11H,4-10,15H2,1-3H3. The van der Waals surface area contributed by atoms with Gasteiger partial charge in [0.25, 0.3) is 0 Å². The fourth-order valence-electron chi connectivity index (χ4n) is 2.90. The van der Waals surface area contributed by atoms with E-state index in [1.165, 1.54) is 6.42 Å². The van der Waals surface area contributed by atoms with E-state index in [1.807, 2.05) is 11.8 Å². The highest BCUT2D eigenvalue weighted by atomic mass is 16.5. The highest BCUT2D eigenvalue weighted by Gasteiger charge is 2.46. The van der Waals surface area contributed by atoms with Gasteiger partial charge in [0.2, 0.25) is 5.91 Å². The Bertz CT molecular complexity index is 330. The molecule has 104 valence electrons. The van der Waals surface area contributed by atoms with Crippen molar-refractivity contribution in [1.82, 2.24) is 4.90 Å². The SMILES string of the molecule is CC1(C)CCCN(C(=O)C2(C)COCC2N)CC1. The second-order valence-electron chi connectivity index (χ2n) is 6.85. The van der Waals surface area contributed by atoms with E-state index < -0.39 is 5.41 Å². The summed E-state index contributed by atoms with van der Waals surface area (Å²) in [6, 6.07) is -0.165. The van der Waals surface area contributed by atoms with E-state index in [4.69, 9.17) is 10.5 Å². The Morgan fingerprint density at radius 1 is 1.28 bits per heavy atom. The molecule has 2 saturated heterocycles. The predicted molar refractivity (Wildman–Crippen MR) is 71.1 cm³/mol. The maximum Gasteiger partial charge on any atom is 0.232 e. The van der Waals surface area contributed by atoms with Crippen LogP contribution in [0.15, 0.2) is 0 Å². The van der Waals surface area contributed by atoms with Gasteiger partial charge >= 0.3 is 0 Å². The lowest BCUT2D eigenvalue weighted by Gasteiger charge is -2.33. The molecule has 0 aromatic rings. The smallest absolute Gasteiger partial charge is 0.232 e. The van der Waals surface area contributed by atoms with Gasteiger partial charge < -0.3 is 15.4 Å². The minimum Gasteiger partial charge on any atom is -0.379 e. The number of amides is 1. The summed E-state index contributed by atoms with van der Waals surface area (Å²) in [4.78, 5) is 14.7. The number of nitrogens with zero attached hydrogens (tertiary/aromatic N) is 1. The third kappa shape index (κ3) is 2.54. The van der Waals surface area contributed by atoms with Crippen LogP contribution >= 0.6 is 0 Å². The zero-order valence-electron chi connectivity index (χ0n) is 11.9. The van der Waals surface area contributed by atoms with Gasteiger partial charge in [-0.1, -0.05) is 13.8 Å². The topological polar surface area (TPSA) is 55.6 Å². The summed E-state index contributed by atoms with van der Waals surface area (Å²) >= 11 is 0. The average Bonchev–Trinajstić information content (AvgIpc) is 2.54. The van der Waals surface area contributed by atoms with E-state index in [9.17, 15) is 4.79 Å². The van der Waals surface area contributed by atoms with Crippen molar-refractivity contribution in [2.24, 2.45) is 16.6 Å². The van der Waals surface area contributed by atoms with Gasteiger partial charge in [-0.05, 0) is 31.6 Å². The van der Waals surface area contributed by atoms with E-state index in [2.05, 4.69) is 13.8 Å². The highest BCUT2D eigenvalue weighted by Crippen LogP contribution is 2.34. The summed E-state index contributed by atoms with van der Waals surface area (Å²) in [6.07, 6.45) is 3.35. The van der Waals surface area contributed by atoms with Crippen molar-refractivity contribution >= 4 is 5.91 Å². The van der Waals surface area contributed by atoms with Crippen molar-refractivity contribution in [3.8, 4) is 0 Å². The monoisotopic (exact) mass is 254 g/mol. The first-order valence-electron chi connectivity index (χ1n) is 6.98. The molecule has 2 atom stereocenters. The normalized spacial score (nSPS) is 36.4. The molecule has 4 nitrogen and oxygen atoms in total. The second-order valence-corrected chi connectivity index (χ2v) is 6.85. The first-order valence-corrected chi connectivity index (χ1v) is 6.98. The Hall–Kier alpha value is -0.610. The molecule has 2 rings (SSSR count). The lowest BCUT2D eigenvalue weighted by molar-refractivity contribution is -0.141. The molecule has 1 amide bonds. The molecule has 18 heavy (non-hydrogen) atoms. The minimum absolute atomic E-state index is 0.165. The van der Waals surface area contributed by atoms with Crippen LogP contribution in [0.4, 0.5) is 0 Å². The van der Waals surface area contributed by atoms with Gasteiger partial charge in [-0.25, -0.2) is 0 Å². The van der Waals surface area contributed by atoms with E-state index in [0.717, 1.165) is 25.9 Å². The predicted octanol–water partition coefficient (Wildman–Crippen LogP) is 1.39. The molecule has 2 aliphatic rings. The lowest BCUT2D eigenvalue weighted by atomic mass is 9.84. The molecule has 2 unspecified atom stereocenters. The summed E-state index contributed by atoms with van der Waals surface area (Å²) in [5.74, 6) is 0.185. The van der Waals surface area contributed by atoms with Gasteiger partial charge in [-0.15, -0.1) is 0 Å². The van der Waals surface area contributed by atoms with Crippen LogP contribution in [0.5, 0.6) is 0 Å². The number of ether oxygens (including phenoxy) is 1. The summed E-state index contributed by atoms with van der Waals surface area (Å²) in [5.41, 5.74) is 5.87. The lowest BCUT2D eigenvalue weighted by Crippen LogP contribution is -2.51. The van der Waals surface area contributed by atoms with Gasteiger partial charge in [-0.3, -0.25) is 4.79 Å². The third-order valence-corrected chi connectivity index (χ3v) is 4.63. The van der Waals surface area contributed by atoms with E-state index in [0.29, 0.717) is 18.6 Å². The maximum absolute atomic E-state index is 12.7. The molecular formula is C14H26N2O2. The van der Waals surface area contributed by atoms with Crippen molar-refractivity contribution in [3.63, 3.8) is 0 Å². The molecule has 4 heteroatoms. The Kier molecular flexibility index (Phi) is 3.70. The molecular weight excluding hydrogens is 228 g/mol. The molecule has 0 spiro atoms. The van der Waals surface area contributed by atoms with Crippen LogP contribution in [-0.4, -0.2) is 43.2 Å². The number of hydrogen-bond donors (Lipinski definition) is 1. The fraction of sp³-hybridized carbons (Fsp3) is 0.929. The zero-order valence-corrected chi connectivity index (χ0v) is 11.9. The summed E-state index contributed by atoms with van der Waals surface area (Å²) in [5, 5.41) is 0. The van der Waals surface area contributed by atoms with Crippen LogP contribution in [-0.2, 0) is 9.53 Å². The van der Waals surface area contributed by atoms with Crippen molar-refractivity contribution < 1.29 is 9.53 Å². The summed E-state index contributed by atoms with van der Waals surface area (Å²) in [6.45, 7) is 9.20. The number of rotatable bonds is 1. The van der Waals surface area contributed by atoms with Crippen molar-refractivity contribution in [2.75, 3.05) is 26.3 Å². The first-order chi connectivity index (χ1) is 8.35. The highest BCUT2D eigenvalue weighted by molar-refractivity contribution is 5.83.